The highest BCUT2D eigenvalue weighted by atomic mass is 32.2. The van der Waals surface area contributed by atoms with Crippen molar-refractivity contribution >= 4 is 21.8 Å². The lowest BCUT2D eigenvalue weighted by atomic mass is 10.1. The number of aryl methyl sites for hydroxylation is 1. The number of sulfonamides is 1. The van der Waals surface area contributed by atoms with Gasteiger partial charge in [0.25, 0.3) is 11.8 Å². The zero-order valence-corrected chi connectivity index (χ0v) is 15.7. The summed E-state index contributed by atoms with van der Waals surface area (Å²) in [5.41, 5.74) is 6.09. The van der Waals surface area contributed by atoms with Crippen molar-refractivity contribution in [2.45, 2.75) is 11.8 Å². The molecule has 3 aromatic rings. The Balaban J connectivity index is 1.77. The third-order valence-electron chi connectivity index (χ3n) is 4.08. The highest BCUT2D eigenvalue weighted by molar-refractivity contribution is 7.89. The first-order valence-electron chi connectivity index (χ1n) is 8.24. The smallest absolute Gasteiger partial charge is 0.271 e. The van der Waals surface area contributed by atoms with Crippen molar-refractivity contribution in [3.8, 4) is 5.69 Å². The summed E-state index contributed by atoms with van der Waals surface area (Å²) in [5, 5.41) is 5.16. The quantitative estimate of drug-likeness (QED) is 0.576. The Morgan fingerprint density at radius 3 is 2.25 bits per heavy atom. The summed E-state index contributed by atoms with van der Waals surface area (Å²) in [4.78, 5) is 24.7. The van der Waals surface area contributed by atoms with E-state index in [1.54, 1.807) is 48.1 Å². The standard InChI is InChI=1S/C19H18N4O4S/c1-13-8-9-14(12-17(13)28(20,26)27)18(24)21-22-19(25)15-6-2-3-7-16(15)23-10-4-5-11-23/h2-12H,1H3,(H,21,24)(H,22,25)(H2,20,26,27). The molecule has 1 aromatic heterocycles. The van der Waals surface area contributed by atoms with Crippen molar-refractivity contribution in [1.82, 2.24) is 15.4 Å². The number of hydrazine groups is 1. The van der Waals surface area contributed by atoms with Crippen LogP contribution in [0.1, 0.15) is 26.3 Å². The number of nitrogens with two attached hydrogens (primary N) is 1. The van der Waals surface area contributed by atoms with E-state index in [1.165, 1.54) is 18.2 Å². The fraction of sp³-hybridized carbons (Fsp3) is 0.0526. The molecule has 0 saturated heterocycles. The van der Waals surface area contributed by atoms with E-state index < -0.39 is 21.8 Å². The maximum absolute atomic E-state index is 12.5. The van der Waals surface area contributed by atoms with Crippen LogP contribution >= 0.6 is 0 Å². The van der Waals surface area contributed by atoms with Gasteiger partial charge in [-0.3, -0.25) is 20.4 Å². The molecule has 144 valence electrons. The predicted octanol–water partition coefficient (Wildman–Crippen LogP) is 1.51. The molecular weight excluding hydrogens is 380 g/mol. The molecule has 2 amide bonds. The molecule has 0 radical (unpaired) electrons. The topological polar surface area (TPSA) is 123 Å². The van der Waals surface area contributed by atoms with Gasteiger partial charge in [-0.15, -0.1) is 0 Å². The lowest BCUT2D eigenvalue weighted by molar-refractivity contribution is 0.0846. The molecule has 1 heterocycles. The normalized spacial score (nSPS) is 11.1. The molecule has 0 fully saturated rings. The molecule has 0 bridgehead atoms. The number of para-hydroxylation sites is 1. The van der Waals surface area contributed by atoms with Crippen molar-refractivity contribution in [1.29, 1.82) is 0 Å². The van der Waals surface area contributed by atoms with E-state index in [0.29, 0.717) is 16.8 Å². The van der Waals surface area contributed by atoms with E-state index >= 15 is 0 Å². The first-order valence-corrected chi connectivity index (χ1v) is 9.78. The molecule has 0 aliphatic rings. The number of amides is 2. The number of primary sulfonamides is 1. The van der Waals surface area contributed by atoms with Gasteiger partial charge in [0.15, 0.2) is 0 Å². The summed E-state index contributed by atoms with van der Waals surface area (Å²) in [6.45, 7) is 1.57. The molecule has 28 heavy (non-hydrogen) atoms. The Bertz CT molecular complexity index is 1140. The van der Waals surface area contributed by atoms with Crippen molar-refractivity contribution in [2.24, 2.45) is 5.14 Å². The van der Waals surface area contributed by atoms with Crippen LogP contribution in [0.2, 0.25) is 0 Å². The molecule has 0 spiro atoms. The van der Waals surface area contributed by atoms with Crippen LogP contribution in [0.25, 0.3) is 5.69 Å². The second-order valence-electron chi connectivity index (χ2n) is 6.04. The van der Waals surface area contributed by atoms with E-state index in [0.717, 1.165) is 0 Å². The summed E-state index contributed by atoms with van der Waals surface area (Å²) in [5.74, 6) is -1.19. The Morgan fingerprint density at radius 1 is 0.929 bits per heavy atom. The number of carbonyl (C=O) groups excluding carboxylic acids is 2. The fourth-order valence-electron chi connectivity index (χ4n) is 2.69. The Kier molecular flexibility index (Phi) is 5.30. The number of benzene rings is 2. The largest absolute Gasteiger partial charge is 0.323 e. The lowest BCUT2D eigenvalue weighted by Crippen LogP contribution is -2.42. The molecule has 0 aliphatic heterocycles. The number of rotatable bonds is 4. The molecule has 8 nitrogen and oxygen atoms in total. The third kappa shape index (κ3) is 4.11. The highest BCUT2D eigenvalue weighted by Gasteiger charge is 2.17. The van der Waals surface area contributed by atoms with Gasteiger partial charge in [0.05, 0.1) is 16.1 Å². The van der Waals surface area contributed by atoms with Gasteiger partial charge in [-0.1, -0.05) is 18.2 Å². The molecule has 0 saturated carbocycles. The number of hydrogen-bond acceptors (Lipinski definition) is 4. The number of nitrogens with one attached hydrogen (secondary N) is 2. The monoisotopic (exact) mass is 398 g/mol. The van der Waals surface area contributed by atoms with E-state index in [9.17, 15) is 18.0 Å². The number of aromatic nitrogens is 1. The minimum atomic E-state index is -3.96. The molecule has 4 N–H and O–H groups in total. The van der Waals surface area contributed by atoms with Gasteiger partial charge in [0.1, 0.15) is 0 Å². The van der Waals surface area contributed by atoms with E-state index in [1.807, 2.05) is 12.1 Å². The molecule has 0 atom stereocenters. The van der Waals surface area contributed by atoms with Crippen LogP contribution < -0.4 is 16.0 Å². The summed E-state index contributed by atoms with van der Waals surface area (Å²) in [6.07, 6.45) is 3.59. The Labute approximate surface area is 162 Å². The molecule has 3 rings (SSSR count). The van der Waals surface area contributed by atoms with Crippen LogP contribution in [-0.2, 0) is 10.0 Å². The highest BCUT2D eigenvalue weighted by Crippen LogP contribution is 2.16. The van der Waals surface area contributed by atoms with Gasteiger partial charge >= 0.3 is 0 Å². The van der Waals surface area contributed by atoms with Gasteiger partial charge in [-0.25, -0.2) is 13.6 Å². The second-order valence-corrected chi connectivity index (χ2v) is 7.57. The Morgan fingerprint density at radius 2 is 1.57 bits per heavy atom. The first-order chi connectivity index (χ1) is 13.3. The van der Waals surface area contributed by atoms with Crippen molar-refractivity contribution < 1.29 is 18.0 Å². The van der Waals surface area contributed by atoms with Crippen LogP contribution in [0.4, 0.5) is 0 Å². The Hall–Kier alpha value is -3.43. The maximum Gasteiger partial charge on any atom is 0.271 e. The van der Waals surface area contributed by atoms with Crippen molar-refractivity contribution in [3.63, 3.8) is 0 Å². The van der Waals surface area contributed by atoms with Gasteiger partial charge < -0.3 is 4.57 Å². The summed E-state index contributed by atoms with van der Waals surface area (Å²) < 4.78 is 25.0. The number of nitrogens with zero attached hydrogens (tertiary/aromatic N) is 1. The SMILES string of the molecule is Cc1ccc(C(=O)NNC(=O)c2ccccc2-n2cccc2)cc1S(N)(=O)=O. The number of hydrogen-bond donors (Lipinski definition) is 3. The van der Waals surface area contributed by atoms with E-state index in [-0.39, 0.29) is 10.5 Å². The molecule has 2 aromatic carbocycles. The van der Waals surface area contributed by atoms with Crippen LogP contribution in [0.15, 0.2) is 71.9 Å². The van der Waals surface area contributed by atoms with Crippen LogP contribution in [0.3, 0.4) is 0 Å². The van der Waals surface area contributed by atoms with Gasteiger partial charge in [0.2, 0.25) is 10.0 Å². The van der Waals surface area contributed by atoms with Crippen LogP contribution in [-0.4, -0.2) is 24.8 Å². The van der Waals surface area contributed by atoms with Crippen LogP contribution in [0.5, 0.6) is 0 Å². The zero-order chi connectivity index (χ0) is 20.3. The lowest BCUT2D eigenvalue weighted by Gasteiger charge is -2.12. The third-order valence-corrected chi connectivity index (χ3v) is 5.13. The van der Waals surface area contributed by atoms with E-state index in [2.05, 4.69) is 10.9 Å². The van der Waals surface area contributed by atoms with Gasteiger partial charge in [0, 0.05) is 18.0 Å². The average molecular weight is 398 g/mol. The fourth-order valence-corrected chi connectivity index (χ4v) is 3.49. The predicted molar refractivity (Wildman–Crippen MR) is 103 cm³/mol. The van der Waals surface area contributed by atoms with Crippen molar-refractivity contribution in [3.05, 3.63) is 83.7 Å². The second kappa shape index (κ2) is 7.67. The summed E-state index contributed by atoms with van der Waals surface area (Å²) in [7, 11) is -3.96. The number of carbonyl (C=O) groups is 2. The first kappa shape index (κ1) is 19.3. The molecule has 0 aliphatic carbocycles. The molecule has 0 unspecified atom stereocenters. The summed E-state index contributed by atoms with van der Waals surface area (Å²) >= 11 is 0. The van der Waals surface area contributed by atoms with Gasteiger partial charge in [-0.05, 0) is 48.9 Å². The zero-order valence-electron chi connectivity index (χ0n) is 14.9. The van der Waals surface area contributed by atoms with Crippen molar-refractivity contribution in [2.75, 3.05) is 0 Å². The van der Waals surface area contributed by atoms with Gasteiger partial charge in [-0.2, -0.15) is 0 Å². The minimum absolute atomic E-state index is 0.0496. The maximum atomic E-state index is 12.5. The van der Waals surface area contributed by atoms with E-state index in [4.69, 9.17) is 5.14 Å². The minimum Gasteiger partial charge on any atom is -0.323 e. The summed E-state index contributed by atoms with van der Waals surface area (Å²) in [6, 6.07) is 14.6. The molecular formula is C19H18N4O4S. The molecule has 9 heteroatoms. The van der Waals surface area contributed by atoms with Crippen LogP contribution in [0, 0.1) is 6.92 Å². The average Bonchev–Trinajstić information content (AvgIpc) is 3.20.